The molecule has 0 aliphatic carbocycles. The van der Waals surface area contributed by atoms with Crippen LogP contribution in [-0.4, -0.2) is 0 Å². The maximum Gasteiger partial charge on any atom is 0.00454 e. The first-order valence-electron chi connectivity index (χ1n) is 3.81. The minimum absolute atomic E-state index is 0.691. The van der Waals surface area contributed by atoms with Crippen LogP contribution in [0.25, 0.3) is 0 Å². The first-order chi connectivity index (χ1) is 4.74. The summed E-state index contributed by atoms with van der Waals surface area (Å²) in [6.45, 7) is 6.68. The molecule has 0 aliphatic heterocycles. The zero-order valence-corrected chi connectivity index (χ0v) is 7.66. The monoisotopic (exact) mass is 154 g/mol. The second-order valence-corrected chi connectivity index (χ2v) is 3.85. The quantitative estimate of drug-likeness (QED) is 0.612. The molecular formula is C9H14S. The maximum absolute atomic E-state index is 2.31. The summed E-state index contributed by atoms with van der Waals surface area (Å²) in [5.74, 6) is 0.691. The lowest BCUT2D eigenvalue weighted by atomic mass is 10.1. The first-order valence-corrected chi connectivity index (χ1v) is 4.69. The van der Waals surface area contributed by atoms with Crippen molar-refractivity contribution in [3.05, 3.63) is 21.9 Å². The van der Waals surface area contributed by atoms with Crippen LogP contribution in [0.15, 0.2) is 11.4 Å². The fraction of sp³-hybridized carbons (Fsp3) is 0.556. The van der Waals surface area contributed by atoms with Gasteiger partial charge in [0, 0.05) is 4.88 Å². The second kappa shape index (κ2) is 3.20. The van der Waals surface area contributed by atoms with Crippen LogP contribution in [0.5, 0.6) is 0 Å². The van der Waals surface area contributed by atoms with Crippen LogP contribution in [-0.2, 0) is 6.42 Å². The predicted octanol–water partition coefficient (Wildman–Crippen LogP) is 3.43. The largest absolute Gasteiger partial charge is 0.149 e. The van der Waals surface area contributed by atoms with E-state index in [0.717, 1.165) is 0 Å². The van der Waals surface area contributed by atoms with Gasteiger partial charge in [-0.1, -0.05) is 20.8 Å². The van der Waals surface area contributed by atoms with E-state index >= 15 is 0 Å². The Hall–Kier alpha value is -0.300. The van der Waals surface area contributed by atoms with Crippen molar-refractivity contribution in [3.63, 3.8) is 0 Å². The molecule has 1 heterocycles. The highest BCUT2D eigenvalue weighted by Crippen LogP contribution is 2.21. The van der Waals surface area contributed by atoms with Crippen molar-refractivity contribution >= 4 is 11.3 Å². The van der Waals surface area contributed by atoms with Crippen molar-refractivity contribution in [2.75, 3.05) is 0 Å². The molecule has 0 fully saturated rings. The Kier molecular flexibility index (Phi) is 2.50. The topological polar surface area (TPSA) is 0 Å². The minimum Gasteiger partial charge on any atom is -0.149 e. The van der Waals surface area contributed by atoms with Crippen LogP contribution in [0.2, 0.25) is 0 Å². The normalized spacial score (nSPS) is 10.8. The molecule has 0 spiro atoms. The van der Waals surface area contributed by atoms with E-state index in [4.69, 9.17) is 0 Å². The molecule has 10 heavy (non-hydrogen) atoms. The van der Waals surface area contributed by atoms with Gasteiger partial charge in [0.1, 0.15) is 0 Å². The average molecular weight is 154 g/mol. The van der Waals surface area contributed by atoms with Crippen molar-refractivity contribution in [3.8, 4) is 0 Å². The third-order valence-electron chi connectivity index (χ3n) is 1.69. The number of hydrogen-bond donors (Lipinski definition) is 0. The standard InChI is InChI=1S/C9H14S/c1-4-9-5-8(6-10-9)7(2)3/h5-7H,4H2,1-3H3. The lowest BCUT2D eigenvalue weighted by Gasteiger charge is -1.97. The van der Waals surface area contributed by atoms with Crippen molar-refractivity contribution < 1.29 is 0 Å². The molecular weight excluding hydrogens is 140 g/mol. The lowest BCUT2D eigenvalue weighted by Crippen LogP contribution is -1.80. The van der Waals surface area contributed by atoms with Crippen molar-refractivity contribution in [2.45, 2.75) is 33.1 Å². The van der Waals surface area contributed by atoms with Crippen LogP contribution in [0.3, 0.4) is 0 Å². The Labute approximate surface area is 66.9 Å². The van der Waals surface area contributed by atoms with Crippen LogP contribution in [0, 0.1) is 0 Å². The molecule has 0 N–H and O–H groups in total. The highest BCUT2D eigenvalue weighted by atomic mass is 32.1. The molecule has 0 saturated carbocycles. The van der Waals surface area contributed by atoms with Crippen LogP contribution >= 0.6 is 11.3 Å². The van der Waals surface area contributed by atoms with E-state index in [9.17, 15) is 0 Å². The molecule has 0 nitrogen and oxygen atoms in total. The summed E-state index contributed by atoms with van der Waals surface area (Å²) in [5, 5.41) is 2.27. The van der Waals surface area contributed by atoms with E-state index in [0.29, 0.717) is 5.92 Å². The number of rotatable bonds is 2. The maximum atomic E-state index is 2.31. The number of aryl methyl sites for hydroxylation is 1. The van der Waals surface area contributed by atoms with Gasteiger partial charge in [-0.25, -0.2) is 0 Å². The molecule has 0 saturated heterocycles. The molecule has 0 unspecified atom stereocenters. The Morgan fingerprint density at radius 1 is 1.50 bits per heavy atom. The third-order valence-corrected chi connectivity index (χ3v) is 2.79. The van der Waals surface area contributed by atoms with Crippen molar-refractivity contribution in [1.29, 1.82) is 0 Å². The zero-order valence-electron chi connectivity index (χ0n) is 6.85. The smallest absolute Gasteiger partial charge is 0.00454 e. The van der Waals surface area contributed by atoms with E-state index in [1.54, 1.807) is 0 Å². The van der Waals surface area contributed by atoms with Gasteiger partial charge in [0.05, 0.1) is 0 Å². The molecule has 0 atom stereocenters. The Bertz CT molecular complexity index is 198. The van der Waals surface area contributed by atoms with Gasteiger partial charge >= 0.3 is 0 Å². The van der Waals surface area contributed by atoms with E-state index < -0.39 is 0 Å². The van der Waals surface area contributed by atoms with Gasteiger partial charge in [-0.15, -0.1) is 11.3 Å². The van der Waals surface area contributed by atoms with E-state index in [2.05, 4.69) is 32.2 Å². The van der Waals surface area contributed by atoms with Gasteiger partial charge in [-0.3, -0.25) is 0 Å². The summed E-state index contributed by atoms with van der Waals surface area (Å²) in [4.78, 5) is 1.50. The molecule has 1 heteroatoms. The van der Waals surface area contributed by atoms with Gasteiger partial charge in [0.15, 0.2) is 0 Å². The summed E-state index contributed by atoms with van der Waals surface area (Å²) >= 11 is 1.88. The lowest BCUT2D eigenvalue weighted by molar-refractivity contribution is 0.870. The molecule has 0 radical (unpaired) electrons. The third kappa shape index (κ3) is 1.60. The van der Waals surface area contributed by atoms with Crippen LogP contribution in [0.4, 0.5) is 0 Å². The van der Waals surface area contributed by atoms with Gasteiger partial charge in [0.2, 0.25) is 0 Å². The molecule has 0 amide bonds. The molecule has 1 aromatic heterocycles. The highest BCUT2D eigenvalue weighted by molar-refractivity contribution is 7.10. The average Bonchev–Trinajstić information content (AvgIpc) is 2.34. The summed E-state index contributed by atoms with van der Waals surface area (Å²) in [6.07, 6.45) is 1.18. The van der Waals surface area contributed by atoms with Gasteiger partial charge in [-0.05, 0) is 29.3 Å². The molecule has 0 aliphatic rings. The van der Waals surface area contributed by atoms with Crippen molar-refractivity contribution in [2.24, 2.45) is 0 Å². The Morgan fingerprint density at radius 3 is 2.50 bits per heavy atom. The summed E-state index contributed by atoms with van der Waals surface area (Å²) in [6, 6.07) is 2.31. The van der Waals surface area contributed by atoms with E-state index in [1.807, 2.05) is 11.3 Å². The first kappa shape index (κ1) is 7.80. The fourth-order valence-corrected chi connectivity index (χ4v) is 1.88. The second-order valence-electron chi connectivity index (χ2n) is 2.85. The minimum atomic E-state index is 0.691. The molecule has 56 valence electrons. The summed E-state index contributed by atoms with van der Waals surface area (Å²) in [7, 11) is 0. The van der Waals surface area contributed by atoms with E-state index in [-0.39, 0.29) is 0 Å². The molecule has 0 aromatic carbocycles. The predicted molar refractivity (Wildman–Crippen MR) is 47.8 cm³/mol. The highest BCUT2D eigenvalue weighted by Gasteiger charge is 2.00. The zero-order chi connectivity index (χ0) is 7.56. The Balaban J connectivity index is 2.78. The van der Waals surface area contributed by atoms with Gasteiger partial charge in [0.25, 0.3) is 0 Å². The van der Waals surface area contributed by atoms with E-state index in [1.165, 1.54) is 16.9 Å². The number of hydrogen-bond acceptors (Lipinski definition) is 1. The van der Waals surface area contributed by atoms with Crippen LogP contribution in [0.1, 0.15) is 37.1 Å². The summed E-state index contributed by atoms with van der Waals surface area (Å²) in [5.41, 5.74) is 1.49. The van der Waals surface area contributed by atoms with Crippen LogP contribution < -0.4 is 0 Å². The Morgan fingerprint density at radius 2 is 2.20 bits per heavy atom. The number of thiophene rings is 1. The molecule has 0 bridgehead atoms. The van der Waals surface area contributed by atoms with Gasteiger partial charge < -0.3 is 0 Å². The fourth-order valence-electron chi connectivity index (χ4n) is 0.886. The van der Waals surface area contributed by atoms with Crippen molar-refractivity contribution in [1.82, 2.24) is 0 Å². The molecule has 1 rings (SSSR count). The summed E-state index contributed by atoms with van der Waals surface area (Å²) < 4.78 is 0. The van der Waals surface area contributed by atoms with Gasteiger partial charge in [-0.2, -0.15) is 0 Å². The SMILES string of the molecule is CCc1cc(C(C)C)cs1. The molecule has 1 aromatic rings.